The molecule has 0 bridgehead atoms. The average molecular weight is 460 g/mol. The topological polar surface area (TPSA) is 75.1 Å². The summed E-state index contributed by atoms with van der Waals surface area (Å²) in [4.78, 5) is 15.6. The summed E-state index contributed by atoms with van der Waals surface area (Å²) in [6, 6.07) is 0. The Bertz CT molecular complexity index is 784. The zero-order chi connectivity index (χ0) is 23.9. The van der Waals surface area contributed by atoms with Gasteiger partial charge >= 0.3 is 0 Å². The van der Waals surface area contributed by atoms with Gasteiger partial charge in [-0.2, -0.15) is 0 Å². The van der Waals surface area contributed by atoms with Crippen LogP contribution in [-0.4, -0.2) is 27.3 Å². The first kappa shape index (κ1) is 25.5. The number of carbonyl (C=O) groups is 1. The van der Waals surface area contributed by atoms with Gasteiger partial charge in [0.15, 0.2) is 8.32 Å². The number of rotatable bonds is 6. The molecule has 0 aromatic heterocycles. The first-order chi connectivity index (χ1) is 14.8. The summed E-state index contributed by atoms with van der Waals surface area (Å²) < 4.78 is 6.75. The fourth-order valence-corrected chi connectivity index (χ4v) is 8.50. The summed E-state index contributed by atoms with van der Waals surface area (Å²) in [6.45, 7) is 21.1. The molecule has 0 aromatic rings. The predicted octanol–water partition coefficient (Wildman–Crippen LogP) is 7.69. The van der Waals surface area contributed by atoms with Crippen LogP contribution in [0, 0.1) is 34.5 Å². The second-order valence-corrected chi connectivity index (χ2v) is 17.7. The lowest BCUT2D eigenvalue weighted by molar-refractivity contribution is -0.127. The third-order valence-electron chi connectivity index (χ3n) is 10.4. The molecule has 0 spiro atoms. The molecule has 0 amide bonds. The molecule has 3 saturated carbocycles. The van der Waals surface area contributed by atoms with Crippen LogP contribution in [0.15, 0.2) is 17.3 Å². The number of carbonyl (C=O) groups excluding carboxylic acids is 1. The van der Waals surface area contributed by atoms with Crippen molar-refractivity contribution < 1.29 is 9.22 Å². The first-order valence-corrected chi connectivity index (χ1v) is 15.5. The second kappa shape index (κ2) is 8.92. The van der Waals surface area contributed by atoms with Gasteiger partial charge in [-0.15, -0.1) is 0 Å². The van der Waals surface area contributed by atoms with Crippen molar-refractivity contribution in [3.8, 4) is 0 Å². The van der Waals surface area contributed by atoms with E-state index in [1.165, 1.54) is 11.9 Å². The van der Waals surface area contributed by atoms with Gasteiger partial charge in [0.1, 0.15) is 6.29 Å². The number of aldehydes is 1. The third kappa shape index (κ3) is 4.35. The summed E-state index contributed by atoms with van der Waals surface area (Å²) in [5.74, 6) is 1.23. The molecule has 32 heavy (non-hydrogen) atoms. The molecule has 3 fully saturated rings. The van der Waals surface area contributed by atoms with Gasteiger partial charge in [0.25, 0.3) is 0 Å². The summed E-state index contributed by atoms with van der Waals surface area (Å²) in [5, 5.41) is 4.24. The fourth-order valence-electron chi connectivity index (χ4n) is 7.10. The summed E-state index contributed by atoms with van der Waals surface area (Å²) in [7, 11) is -1.87. The highest BCUT2D eigenvalue weighted by Gasteiger charge is 2.57. The molecule has 2 unspecified atom stereocenters. The minimum atomic E-state index is -1.87. The lowest BCUT2D eigenvalue weighted by Crippen LogP contribution is -2.53. The van der Waals surface area contributed by atoms with Crippen LogP contribution in [0.5, 0.6) is 0 Å². The number of hydrogen-bond donors (Lipinski definition) is 0. The van der Waals surface area contributed by atoms with Gasteiger partial charge in [-0.25, -0.2) is 0 Å². The molecule has 0 heterocycles. The molecule has 7 atom stereocenters. The molecule has 180 valence electrons. The third-order valence-corrected chi connectivity index (χ3v) is 14.9. The van der Waals surface area contributed by atoms with Crippen molar-refractivity contribution in [2.75, 3.05) is 6.54 Å². The van der Waals surface area contributed by atoms with Gasteiger partial charge in [0.2, 0.25) is 0 Å². The van der Waals surface area contributed by atoms with Gasteiger partial charge in [-0.05, 0) is 97.2 Å². The molecule has 0 aliphatic heterocycles. The van der Waals surface area contributed by atoms with Crippen LogP contribution in [0.4, 0.5) is 0 Å². The minimum Gasteiger partial charge on any atom is -0.414 e. The van der Waals surface area contributed by atoms with Gasteiger partial charge in [0, 0.05) is 23.5 Å². The number of allylic oxidation sites excluding steroid dienone is 1. The van der Waals surface area contributed by atoms with Crippen LogP contribution in [0.3, 0.4) is 0 Å². The highest BCUT2D eigenvalue weighted by atomic mass is 28.4. The second-order valence-electron chi connectivity index (χ2n) is 12.9. The van der Waals surface area contributed by atoms with Gasteiger partial charge in [0.05, 0.1) is 0 Å². The van der Waals surface area contributed by atoms with E-state index in [2.05, 4.69) is 64.3 Å². The van der Waals surface area contributed by atoms with Crippen LogP contribution < -0.4 is 0 Å². The van der Waals surface area contributed by atoms with Crippen molar-refractivity contribution in [1.29, 1.82) is 0 Å². The van der Waals surface area contributed by atoms with E-state index < -0.39 is 8.32 Å². The van der Waals surface area contributed by atoms with Crippen LogP contribution in [0.2, 0.25) is 18.1 Å². The van der Waals surface area contributed by atoms with Crippen molar-refractivity contribution in [1.82, 2.24) is 0 Å². The largest absolute Gasteiger partial charge is 0.414 e. The van der Waals surface area contributed by atoms with Crippen LogP contribution >= 0.6 is 0 Å². The lowest BCUT2D eigenvalue weighted by Gasteiger charge is -2.56. The number of hydrogen-bond acceptors (Lipinski definition) is 3. The molecular formula is C26H45N3O2Si. The molecule has 0 aromatic carbocycles. The maximum absolute atomic E-state index is 12.4. The fraction of sp³-hybridized carbons (Fsp3) is 0.885. The monoisotopic (exact) mass is 459 g/mol. The van der Waals surface area contributed by atoms with Crippen molar-refractivity contribution >= 4 is 14.6 Å². The highest BCUT2D eigenvalue weighted by molar-refractivity contribution is 6.74. The Labute approximate surface area is 196 Å². The Morgan fingerprint density at radius 3 is 2.50 bits per heavy atom. The Hall–Kier alpha value is -1.10. The number of fused-ring (bicyclic) bond motifs is 1. The zero-order valence-electron chi connectivity index (χ0n) is 21.5. The quantitative estimate of drug-likeness (QED) is 0.102. The van der Waals surface area contributed by atoms with E-state index in [9.17, 15) is 4.79 Å². The van der Waals surface area contributed by atoms with E-state index >= 15 is 0 Å². The maximum Gasteiger partial charge on any atom is 0.192 e. The molecule has 0 radical (unpaired) electrons. The average Bonchev–Trinajstić information content (AvgIpc) is 3.01. The van der Waals surface area contributed by atoms with E-state index in [1.54, 1.807) is 0 Å². The van der Waals surface area contributed by atoms with Gasteiger partial charge in [-0.1, -0.05) is 51.9 Å². The molecular weight excluding hydrogens is 414 g/mol. The van der Waals surface area contributed by atoms with Crippen LogP contribution in [-0.2, 0) is 9.22 Å². The Morgan fingerprint density at radius 1 is 1.22 bits per heavy atom. The number of azide groups is 1. The van der Waals surface area contributed by atoms with Crippen molar-refractivity contribution in [2.24, 2.45) is 39.6 Å². The smallest absolute Gasteiger partial charge is 0.192 e. The number of nitrogens with zero attached hydrogens (tertiary/aromatic N) is 3. The molecule has 3 rings (SSSR count). The molecule has 5 nitrogen and oxygen atoms in total. The summed E-state index contributed by atoms with van der Waals surface area (Å²) >= 11 is 0. The highest BCUT2D eigenvalue weighted by Crippen LogP contribution is 2.63. The minimum absolute atomic E-state index is 0.00135. The Kier molecular flexibility index (Phi) is 7.11. The van der Waals surface area contributed by atoms with Gasteiger partial charge in [-0.3, -0.25) is 0 Å². The molecule has 0 saturated heterocycles. The van der Waals surface area contributed by atoms with Gasteiger partial charge < -0.3 is 9.22 Å². The Morgan fingerprint density at radius 2 is 1.91 bits per heavy atom. The van der Waals surface area contributed by atoms with Crippen molar-refractivity contribution in [3.05, 3.63) is 22.6 Å². The van der Waals surface area contributed by atoms with Crippen molar-refractivity contribution in [2.45, 2.75) is 104 Å². The molecule has 6 heteroatoms. The summed E-state index contributed by atoms with van der Waals surface area (Å²) in [5.41, 5.74) is 10.6. The van der Waals surface area contributed by atoms with E-state index in [0.29, 0.717) is 24.3 Å². The van der Waals surface area contributed by atoms with E-state index in [1.807, 2.05) is 0 Å². The van der Waals surface area contributed by atoms with Crippen LogP contribution in [0.1, 0.15) is 79.6 Å². The molecule has 3 aliphatic carbocycles. The predicted molar refractivity (Wildman–Crippen MR) is 134 cm³/mol. The standard InChI is InChI=1S/C26H45N3O2Si/c1-18-9-10-22-21(16-28-29-27)23(12-14-25(18,22)5)26(6)13-11-20(15-19(26)17-30)31-32(7,8)24(2,3)4/h17,19-23H,1,9-16H2,2-8H3/t19-,20+,21+,22?,23?,25-,26+/m1/s1. The first-order valence-electron chi connectivity index (χ1n) is 12.6. The van der Waals surface area contributed by atoms with E-state index in [-0.39, 0.29) is 27.9 Å². The summed E-state index contributed by atoms with van der Waals surface area (Å²) in [6.07, 6.45) is 8.69. The van der Waals surface area contributed by atoms with Crippen molar-refractivity contribution in [3.63, 3.8) is 0 Å². The molecule has 0 N–H and O–H groups in total. The van der Waals surface area contributed by atoms with Crippen LogP contribution in [0.25, 0.3) is 10.4 Å². The zero-order valence-corrected chi connectivity index (χ0v) is 22.5. The lowest BCUT2D eigenvalue weighted by atomic mass is 9.49. The normalized spacial score (nSPS) is 40.5. The Balaban J connectivity index is 1.84. The maximum atomic E-state index is 12.4. The SMILES string of the molecule is C=C1CCC2[C@H](CN=[N+]=[N-])C([C@@]3(C)CC[C@H](O[Si](C)(C)C(C)(C)C)C[C@@H]3C=O)CC[C@]12C. The van der Waals surface area contributed by atoms with E-state index in [4.69, 9.17) is 9.96 Å². The molecule has 3 aliphatic rings. The van der Waals surface area contributed by atoms with E-state index in [0.717, 1.165) is 44.9 Å².